The molecule has 0 bridgehead atoms. The Kier molecular flexibility index (Phi) is 6.47. The molecule has 0 unspecified atom stereocenters. The number of H-pyrrole nitrogens is 1. The van der Waals surface area contributed by atoms with E-state index in [9.17, 15) is 9.59 Å². The molecule has 10 heteroatoms. The highest BCUT2D eigenvalue weighted by Gasteiger charge is 2.35. The van der Waals surface area contributed by atoms with E-state index in [-0.39, 0.29) is 29.3 Å². The second-order valence-corrected chi connectivity index (χ2v) is 9.55. The predicted octanol–water partition coefficient (Wildman–Crippen LogP) is 3.20. The van der Waals surface area contributed by atoms with Crippen molar-refractivity contribution in [2.45, 2.75) is 25.5 Å². The van der Waals surface area contributed by atoms with E-state index in [1.165, 1.54) is 0 Å². The maximum absolute atomic E-state index is 12.9. The van der Waals surface area contributed by atoms with Crippen LogP contribution in [0.1, 0.15) is 32.7 Å². The van der Waals surface area contributed by atoms with Gasteiger partial charge in [-0.15, -0.1) is 0 Å². The summed E-state index contributed by atoms with van der Waals surface area (Å²) in [6.07, 6.45) is 0. The number of hydrogen-bond donors (Lipinski definition) is 2. The van der Waals surface area contributed by atoms with Crippen molar-refractivity contribution in [2.24, 2.45) is 0 Å². The number of nitrogens with zero attached hydrogens (tertiary/aromatic N) is 3. The standard InChI is InChI=1S/C25H25N5O4S/c1-15-21(27-23(34-15)17-6-4-3-5-7-17)14-33-18-10-8-16(9-11-18)22(31)26-20-13-30(2)12-19(20)24-28-29-25(32)35-24/h3-11,19-20H,12-14H2,1-2H3,(H,26,31)(H,29,32)/t19-,20+/m0/s1. The number of rotatable bonds is 7. The normalized spacial score (nSPS) is 18.0. The zero-order chi connectivity index (χ0) is 24.4. The molecule has 1 amide bonds. The Morgan fingerprint density at radius 2 is 1.97 bits per heavy atom. The molecule has 1 aliphatic rings. The van der Waals surface area contributed by atoms with Crippen LogP contribution in [0.25, 0.3) is 11.5 Å². The summed E-state index contributed by atoms with van der Waals surface area (Å²) in [4.78, 5) is 30.9. The summed E-state index contributed by atoms with van der Waals surface area (Å²) in [6.45, 7) is 3.54. The molecular weight excluding hydrogens is 466 g/mol. The Hall–Kier alpha value is -3.76. The predicted molar refractivity (Wildman–Crippen MR) is 132 cm³/mol. The lowest BCUT2D eigenvalue weighted by Gasteiger charge is -2.18. The monoisotopic (exact) mass is 491 g/mol. The van der Waals surface area contributed by atoms with Gasteiger partial charge in [0.1, 0.15) is 28.8 Å². The molecule has 180 valence electrons. The highest BCUT2D eigenvalue weighted by atomic mass is 32.1. The van der Waals surface area contributed by atoms with Crippen LogP contribution in [0.2, 0.25) is 0 Å². The number of aryl methyl sites for hydroxylation is 1. The molecule has 3 heterocycles. The topological polar surface area (TPSA) is 113 Å². The minimum atomic E-state index is -0.188. The van der Waals surface area contributed by atoms with E-state index in [0.717, 1.165) is 29.1 Å². The first-order valence-corrected chi connectivity index (χ1v) is 12.1. The van der Waals surface area contributed by atoms with E-state index in [2.05, 4.69) is 25.4 Å². The molecule has 5 rings (SSSR count). The number of aromatic nitrogens is 3. The molecule has 2 atom stereocenters. The van der Waals surface area contributed by atoms with Crippen LogP contribution in [-0.2, 0) is 6.61 Å². The first-order valence-electron chi connectivity index (χ1n) is 11.3. The Bertz CT molecular complexity index is 1360. The first kappa shape index (κ1) is 23.0. The van der Waals surface area contributed by atoms with Gasteiger partial charge in [0.15, 0.2) is 0 Å². The quantitative estimate of drug-likeness (QED) is 0.408. The van der Waals surface area contributed by atoms with Crippen LogP contribution in [0, 0.1) is 6.92 Å². The fraction of sp³-hybridized carbons (Fsp3) is 0.280. The van der Waals surface area contributed by atoms with Crippen molar-refractivity contribution in [3.63, 3.8) is 0 Å². The summed E-state index contributed by atoms with van der Waals surface area (Å²) in [5, 5.41) is 10.4. The van der Waals surface area contributed by atoms with Gasteiger partial charge >= 0.3 is 4.87 Å². The summed E-state index contributed by atoms with van der Waals surface area (Å²) in [5.41, 5.74) is 2.17. The first-order chi connectivity index (χ1) is 17.0. The summed E-state index contributed by atoms with van der Waals surface area (Å²) in [5.74, 6) is 1.70. The van der Waals surface area contributed by atoms with Crippen molar-refractivity contribution in [1.29, 1.82) is 0 Å². The lowest BCUT2D eigenvalue weighted by Crippen LogP contribution is -2.39. The average molecular weight is 492 g/mol. The second-order valence-electron chi connectivity index (χ2n) is 8.56. The zero-order valence-corrected chi connectivity index (χ0v) is 20.2. The van der Waals surface area contributed by atoms with Crippen LogP contribution >= 0.6 is 11.3 Å². The molecule has 0 radical (unpaired) electrons. The lowest BCUT2D eigenvalue weighted by molar-refractivity contribution is 0.0935. The number of carbonyl (C=O) groups is 1. The molecule has 0 aliphatic carbocycles. The van der Waals surface area contributed by atoms with Crippen LogP contribution in [0.15, 0.2) is 63.8 Å². The zero-order valence-electron chi connectivity index (χ0n) is 19.4. The van der Waals surface area contributed by atoms with E-state index in [4.69, 9.17) is 9.15 Å². The van der Waals surface area contributed by atoms with Gasteiger partial charge in [-0.25, -0.2) is 10.1 Å². The van der Waals surface area contributed by atoms with E-state index < -0.39 is 0 Å². The third-order valence-electron chi connectivity index (χ3n) is 6.00. The average Bonchev–Trinajstić information content (AvgIpc) is 3.56. The summed E-state index contributed by atoms with van der Waals surface area (Å²) < 4.78 is 11.7. The smallest absolute Gasteiger partial charge is 0.322 e. The number of amides is 1. The molecule has 1 aliphatic heterocycles. The van der Waals surface area contributed by atoms with E-state index in [1.807, 2.05) is 44.3 Å². The van der Waals surface area contributed by atoms with Gasteiger partial charge in [-0.1, -0.05) is 29.5 Å². The van der Waals surface area contributed by atoms with Gasteiger partial charge in [0.25, 0.3) is 5.91 Å². The fourth-order valence-corrected chi connectivity index (χ4v) is 4.93. The highest BCUT2D eigenvalue weighted by molar-refractivity contribution is 7.08. The summed E-state index contributed by atoms with van der Waals surface area (Å²) in [6, 6.07) is 16.6. The molecule has 4 aromatic rings. The SMILES string of the molecule is Cc1oc(-c2ccccc2)nc1COc1ccc(C(=O)N[C@@H]2CN(C)C[C@@H]2c2n[nH]c(=O)s2)cc1. The van der Waals surface area contributed by atoms with Crippen LogP contribution < -0.4 is 14.9 Å². The second kappa shape index (κ2) is 9.85. The minimum Gasteiger partial charge on any atom is -0.487 e. The largest absolute Gasteiger partial charge is 0.487 e. The summed E-state index contributed by atoms with van der Waals surface area (Å²) in [7, 11) is 1.99. The molecule has 0 saturated carbocycles. The fourth-order valence-electron chi connectivity index (χ4n) is 4.17. The van der Waals surface area contributed by atoms with Crippen molar-refractivity contribution in [3.8, 4) is 17.2 Å². The van der Waals surface area contributed by atoms with Gasteiger partial charge in [0.2, 0.25) is 5.89 Å². The molecule has 9 nitrogen and oxygen atoms in total. The third kappa shape index (κ3) is 5.18. The maximum atomic E-state index is 12.9. The molecule has 0 spiro atoms. The highest BCUT2D eigenvalue weighted by Crippen LogP contribution is 2.27. The van der Waals surface area contributed by atoms with Crippen molar-refractivity contribution < 1.29 is 13.9 Å². The van der Waals surface area contributed by atoms with Gasteiger partial charge in [0.05, 0.1) is 6.04 Å². The van der Waals surface area contributed by atoms with Gasteiger partial charge in [0, 0.05) is 30.1 Å². The van der Waals surface area contributed by atoms with Gasteiger partial charge in [-0.2, -0.15) is 5.10 Å². The number of likely N-dealkylation sites (tertiary alicyclic amines) is 1. The molecular formula is C25H25N5O4S. The third-order valence-corrected chi connectivity index (χ3v) is 6.88. The Balaban J connectivity index is 1.20. The molecule has 2 N–H and O–H groups in total. The lowest BCUT2D eigenvalue weighted by atomic mass is 10.0. The number of hydrogen-bond acceptors (Lipinski definition) is 8. The van der Waals surface area contributed by atoms with Crippen molar-refractivity contribution in [3.05, 3.63) is 86.3 Å². The number of oxazole rings is 1. The molecule has 35 heavy (non-hydrogen) atoms. The van der Waals surface area contributed by atoms with Crippen molar-refractivity contribution in [1.82, 2.24) is 25.4 Å². The van der Waals surface area contributed by atoms with E-state index >= 15 is 0 Å². The van der Waals surface area contributed by atoms with Crippen LogP contribution in [0.3, 0.4) is 0 Å². The number of likely N-dealkylation sites (N-methyl/N-ethyl adjacent to an activating group) is 1. The van der Waals surface area contributed by atoms with Crippen molar-refractivity contribution in [2.75, 3.05) is 20.1 Å². The maximum Gasteiger partial charge on any atom is 0.322 e. The minimum absolute atomic E-state index is 0.0259. The van der Waals surface area contributed by atoms with Gasteiger partial charge in [-0.3, -0.25) is 9.59 Å². The molecule has 2 aromatic carbocycles. The Morgan fingerprint density at radius 1 is 1.20 bits per heavy atom. The Morgan fingerprint density at radius 3 is 2.69 bits per heavy atom. The Labute approximate surface area is 205 Å². The van der Waals surface area contributed by atoms with Crippen LogP contribution in [0.5, 0.6) is 5.75 Å². The number of nitrogens with one attached hydrogen (secondary N) is 2. The number of carbonyl (C=O) groups excluding carboxylic acids is 1. The van der Waals surface area contributed by atoms with Crippen LogP contribution in [0.4, 0.5) is 0 Å². The van der Waals surface area contributed by atoms with Crippen LogP contribution in [-0.4, -0.2) is 52.2 Å². The number of benzene rings is 2. The summed E-state index contributed by atoms with van der Waals surface area (Å²) >= 11 is 1.09. The molecule has 2 aromatic heterocycles. The van der Waals surface area contributed by atoms with Gasteiger partial charge in [-0.05, 0) is 50.4 Å². The van der Waals surface area contributed by atoms with E-state index in [1.54, 1.807) is 24.3 Å². The van der Waals surface area contributed by atoms with Crippen molar-refractivity contribution >= 4 is 17.2 Å². The molecule has 1 fully saturated rings. The van der Waals surface area contributed by atoms with E-state index in [0.29, 0.717) is 34.5 Å². The number of aromatic amines is 1. The van der Waals surface area contributed by atoms with Gasteiger partial charge < -0.3 is 19.4 Å². The number of ether oxygens (including phenoxy) is 1. The molecule has 1 saturated heterocycles.